The van der Waals surface area contributed by atoms with Gasteiger partial charge in [-0.2, -0.15) is 13.9 Å². The molecule has 0 bridgehead atoms. The van der Waals surface area contributed by atoms with Crippen LogP contribution in [0.4, 0.5) is 14.5 Å². The summed E-state index contributed by atoms with van der Waals surface area (Å²) in [5, 5.41) is 5.75. The van der Waals surface area contributed by atoms with Crippen molar-refractivity contribution in [2.24, 2.45) is 11.7 Å². The molecule has 1 fully saturated rings. The Morgan fingerprint density at radius 1 is 1.12 bits per heavy atom. The van der Waals surface area contributed by atoms with Gasteiger partial charge in [-0.05, 0) is 87.4 Å². The number of anilines is 1. The molecule has 1 unspecified atom stereocenters. The number of carbonyl (C=O) groups is 2. The standard InChI is InChI=1S/C35H32ClF2N7O4/c1-18(21-7-11-28(41-14-21)48-34(37)38)45-32-24(16-42-45)29(30(31(39)46)25(43-32)12-19-4-5-19)20-6-10-26-27(13-20)49-35(2,3)33(47)44(26)17-23-9-8-22(36)15-40-23/h6-11,13-16,18-19,34H,4-5,12,17H2,1-3H3,(H2,39,46). The zero-order valence-corrected chi connectivity index (χ0v) is 27.6. The Hall–Kier alpha value is -5.17. The molecule has 252 valence electrons. The van der Waals surface area contributed by atoms with Crippen LogP contribution in [0.15, 0.2) is 61.1 Å². The van der Waals surface area contributed by atoms with Crippen molar-refractivity contribution in [3.8, 4) is 22.8 Å². The van der Waals surface area contributed by atoms with E-state index in [1.165, 1.54) is 18.5 Å². The average molecular weight is 688 g/mol. The molecule has 1 atom stereocenters. The second-order valence-corrected chi connectivity index (χ2v) is 13.2. The Morgan fingerprint density at radius 2 is 1.92 bits per heavy atom. The third-order valence-electron chi connectivity index (χ3n) is 8.83. The van der Waals surface area contributed by atoms with Gasteiger partial charge >= 0.3 is 6.61 Å². The Morgan fingerprint density at radius 3 is 2.57 bits per heavy atom. The topological polar surface area (TPSA) is 138 Å². The number of nitrogens with zero attached hydrogens (tertiary/aromatic N) is 6. The summed E-state index contributed by atoms with van der Waals surface area (Å²) in [6.07, 6.45) is 7.23. The molecule has 1 aliphatic heterocycles. The van der Waals surface area contributed by atoms with Gasteiger partial charge in [-0.25, -0.2) is 14.6 Å². The van der Waals surface area contributed by atoms with E-state index >= 15 is 0 Å². The number of aromatic nitrogens is 5. The zero-order chi connectivity index (χ0) is 34.6. The van der Waals surface area contributed by atoms with Crippen LogP contribution in [0.1, 0.15) is 67.0 Å². The maximum atomic E-state index is 13.6. The Bertz CT molecular complexity index is 2080. The number of hydrogen-bond donors (Lipinski definition) is 1. The molecule has 2 N–H and O–H groups in total. The molecular formula is C35H32ClF2N7O4. The first-order valence-electron chi connectivity index (χ1n) is 15.8. The molecule has 7 rings (SSSR count). The van der Waals surface area contributed by atoms with Crippen LogP contribution < -0.4 is 20.1 Å². The number of amides is 2. The SMILES string of the molecule is CC(c1ccc(OC(F)F)nc1)n1ncc2c(-c3ccc4c(c3)OC(C)(C)C(=O)N4Cc3ccc(Cl)cn3)c(C(N)=O)c(CC3CC3)nc21. The van der Waals surface area contributed by atoms with E-state index in [9.17, 15) is 18.4 Å². The van der Waals surface area contributed by atoms with E-state index in [2.05, 4.69) is 19.8 Å². The van der Waals surface area contributed by atoms with E-state index in [4.69, 9.17) is 27.1 Å². The highest BCUT2D eigenvalue weighted by Crippen LogP contribution is 2.44. The Labute approximate surface area is 285 Å². The highest BCUT2D eigenvalue weighted by atomic mass is 35.5. The van der Waals surface area contributed by atoms with Gasteiger partial charge in [0.05, 0.1) is 46.4 Å². The molecule has 4 aromatic heterocycles. The molecule has 14 heteroatoms. The van der Waals surface area contributed by atoms with E-state index in [0.717, 1.165) is 12.8 Å². The molecule has 1 saturated carbocycles. The largest absolute Gasteiger partial charge is 0.476 e. The Balaban J connectivity index is 1.35. The maximum absolute atomic E-state index is 13.6. The first-order chi connectivity index (χ1) is 23.4. The molecule has 2 amide bonds. The lowest BCUT2D eigenvalue weighted by molar-refractivity contribution is -0.132. The lowest BCUT2D eigenvalue weighted by atomic mass is 9.92. The molecule has 0 saturated heterocycles. The maximum Gasteiger partial charge on any atom is 0.388 e. The van der Waals surface area contributed by atoms with E-state index in [1.54, 1.807) is 60.0 Å². The summed E-state index contributed by atoms with van der Waals surface area (Å²) < 4.78 is 37.8. The molecule has 5 aromatic rings. The van der Waals surface area contributed by atoms with Crippen LogP contribution in [0.5, 0.6) is 11.6 Å². The molecule has 5 heterocycles. The van der Waals surface area contributed by atoms with Gasteiger partial charge < -0.3 is 15.2 Å². The fraction of sp³-hybridized carbons (Fsp3) is 0.314. The van der Waals surface area contributed by atoms with Crippen LogP contribution in [0.2, 0.25) is 5.02 Å². The summed E-state index contributed by atoms with van der Waals surface area (Å²) in [5.41, 5.74) is 9.33. The summed E-state index contributed by atoms with van der Waals surface area (Å²) in [4.78, 5) is 41.8. The van der Waals surface area contributed by atoms with Gasteiger partial charge in [0.25, 0.3) is 11.8 Å². The zero-order valence-electron chi connectivity index (χ0n) is 26.9. The number of fused-ring (bicyclic) bond motifs is 2. The van der Waals surface area contributed by atoms with Crippen molar-refractivity contribution in [3.63, 3.8) is 0 Å². The van der Waals surface area contributed by atoms with Crippen LogP contribution in [0, 0.1) is 5.92 Å². The smallest absolute Gasteiger partial charge is 0.388 e. The van der Waals surface area contributed by atoms with Gasteiger partial charge in [0.15, 0.2) is 11.2 Å². The van der Waals surface area contributed by atoms with Crippen molar-refractivity contribution in [3.05, 3.63) is 88.6 Å². The second-order valence-electron chi connectivity index (χ2n) is 12.8. The molecule has 2 aliphatic rings. The van der Waals surface area contributed by atoms with E-state index in [0.29, 0.717) is 73.5 Å². The minimum atomic E-state index is -2.98. The molecule has 49 heavy (non-hydrogen) atoms. The highest BCUT2D eigenvalue weighted by molar-refractivity contribution is 6.30. The minimum absolute atomic E-state index is 0.196. The van der Waals surface area contributed by atoms with Gasteiger partial charge in [-0.1, -0.05) is 17.7 Å². The van der Waals surface area contributed by atoms with Crippen LogP contribution in [-0.2, 0) is 17.8 Å². The van der Waals surface area contributed by atoms with Crippen LogP contribution in [0.3, 0.4) is 0 Å². The van der Waals surface area contributed by atoms with E-state index in [-0.39, 0.29) is 18.3 Å². The monoisotopic (exact) mass is 687 g/mol. The number of pyridine rings is 3. The molecule has 0 spiro atoms. The van der Waals surface area contributed by atoms with Crippen LogP contribution in [0.25, 0.3) is 22.2 Å². The number of nitrogens with two attached hydrogens (primary N) is 1. The summed E-state index contributed by atoms with van der Waals surface area (Å²) in [5.74, 6) is -0.233. The minimum Gasteiger partial charge on any atom is -0.476 e. The fourth-order valence-electron chi connectivity index (χ4n) is 6.19. The number of benzene rings is 1. The number of rotatable bonds is 10. The van der Waals surface area contributed by atoms with E-state index in [1.807, 2.05) is 13.0 Å². The Kier molecular flexibility index (Phi) is 8.18. The number of ether oxygens (including phenoxy) is 2. The third-order valence-corrected chi connectivity index (χ3v) is 9.06. The summed E-state index contributed by atoms with van der Waals surface area (Å²) in [6.45, 7) is 2.50. The van der Waals surface area contributed by atoms with Crippen LogP contribution in [-0.4, -0.2) is 48.8 Å². The lowest BCUT2D eigenvalue weighted by Gasteiger charge is -2.39. The van der Waals surface area contributed by atoms with Crippen molar-refractivity contribution in [2.45, 2.75) is 64.8 Å². The second kappa shape index (κ2) is 12.4. The summed E-state index contributed by atoms with van der Waals surface area (Å²) in [6, 6.07) is 11.5. The average Bonchev–Trinajstić information content (AvgIpc) is 3.78. The van der Waals surface area contributed by atoms with Gasteiger partial charge in [-0.3, -0.25) is 19.5 Å². The molecule has 1 aromatic carbocycles. The molecular weight excluding hydrogens is 656 g/mol. The van der Waals surface area contributed by atoms with E-state index < -0.39 is 24.2 Å². The highest BCUT2D eigenvalue weighted by Gasteiger charge is 2.41. The number of primary amides is 1. The first kappa shape index (κ1) is 32.4. The summed E-state index contributed by atoms with van der Waals surface area (Å²) >= 11 is 6.04. The van der Waals surface area contributed by atoms with Crippen molar-refractivity contribution in [1.29, 1.82) is 0 Å². The van der Waals surface area contributed by atoms with Gasteiger partial charge in [0.2, 0.25) is 5.88 Å². The lowest BCUT2D eigenvalue weighted by Crippen LogP contribution is -2.52. The summed E-state index contributed by atoms with van der Waals surface area (Å²) in [7, 11) is 0. The molecule has 1 aliphatic carbocycles. The normalized spacial score (nSPS) is 16.1. The van der Waals surface area contributed by atoms with Crippen molar-refractivity contribution >= 4 is 40.1 Å². The third kappa shape index (κ3) is 6.26. The molecule has 0 radical (unpaired) electrons. The number of hydrogen-bond acceptors (Lipinski definition) is 8. The van der Waals surface area contributed by atoms with Crippen molar-refractivity contribution in [1.82, 2.24) is 24.7 Å². The van der Waals surface area contributed by atoms with Gasteiger partial charge in [-0.15, -0.1) is 0 Å². The number of halogens is 3. The van der Waals surface area contributed by atoms with Gasteiger partial charge in [0.1, 0.15) is 5.75 Å². The quantitative estimate of drug-likeness (QED) is 0.175. The first-order valence-corrected chi connectivity index (χ1v) is 16.1. The molecule has 11 nitrogen and oxygen atoms in total. The van der Waals surface area contributed by atoms with Crippen LogP contribution >= 0.6 is 11.6 Å². The van der Waals surface area contributed by atoms with Crippen molar-refractivity contribution < 1.29 is 27.8 Å². The number of carbonyl (C=O) groups excluding carboxylic acids is 2. The van der Waals surface area contributed by atoms with Crippen molar-refractivity contribution in [2.75, 3.05) is 4.90 Å². The van der Waals surface area contributed by atoms with Gasteiger partial charge in [0, 0.05) is 29.4 Å². The predicted molar refractivity (Wildman–Crippen MR) is 178 cm³/mol. The number of alkyl halides is 2. The predicted octanol–water partition coefficient (Wildman–Crippen LogP) is 6.51. The fourth-order valence-corrected chi connectivity index (χ4v) is 6.30.